The number of aliphatic hydroxyl groups is 1. The summed E-state index contributed by atoms with van der Waals surface area (Å²) in [5.41, 5.74) is 1.89. The number of nitrogens with zero attached hydrogens (tertiary/aromatic N) is 1. The van der Waals surface area contributed by atoms with Crippen molar-refractivity contribution in [2.45, 2.75) is 6.61 Å². The van der Waals surface area contributed by atoms with Gasteiger partial charge < -0.3 is 14.7 Å². The molecule has 21 heavy (non-hydrogen) atoms. The summed E-state index contributed by atoms with van der Waals surface area (Å²) in [5.74, 6) is 0.288. The van der Waals surface area contributed by atoms with Crippen LogP contribution in [-0.2, 0) is 11.4 Å². The Morgan fingerprint density at radius 2 is 1.95 bits per heavy atom. The van der Waals surface area contributed by atoms with Crippen LogP contribution in [0.25, 0.3) is 0 Å². The van der Waals surface area contributed by atoms with Gasteiger partial charge in [-0.25, -0.2) is 4.39 Å². The SMILES string of the molecule is CO/N=C(/COc1ccc(CO)cc1)c1cccc(F)c1. The van der Waals surface area contributed by atoms with E-state index in [0.717, 1.165) is 5.56 Å². The van der Waals surface area contributed by atoms with Crippen molar-refractivity contribution in [3.63, 3.8) is 0 Å². The average Bonchev–Trinajstić information content (AvgIpc) is 2.52. The third-order valence-electron chi connectivity index (χ3n) is 2.84. The maximum absolute atomic E-state index is 13.3. The lowest BCUT2D eigenvalue weighted by Gasteiger charge is -2.09. The molecule has 2 aromatic rings. The van der Waals surface area contributed by atoms with E-state index in [4.69, 9.17) is 14.7 Å². The fraction of sp³-hybridized carbons (Fsp3) is 0.188. The van der Waals surface area contributed by atoms with Gasteiger partial charge in [-0.3, -0.25) is 0 Å². The summed E-state index contributed by atoms with van der Waals surface area (Å²) in [5, 5.41) is 12.8. The number of halogens is 1. The van der Waals surface area contributed by atoms with Crippen molar-refractivity contribution in [1.82, 2.24) is 0 Å². The molecule has 0 spiro atoms. The minimum atomic E-state index is -0.344. The lowest BCUT2D eigenvalue weighted by Crippen LogP contribution is -2.13. The molecule has 0 aliphatic carbocycles. The van der Waals surface area contributed by atoms with Crippen molar-refractivity contribution in [1.29, 1.82) is 0 Å². The number of benzene rings is 2. The van der Waals surface area contributed by atoms with Crippen molar-refractivity contribution in [3.8, 4) is 5.75 Å². The summed E-state index contributed by atoms with van der Waals surface area (Å²) < 4.78 is 18.9. The Labute approximate surface area is 122 Å². The highest BCUT2D eigenvalue weighted by atomic mass is 19.1. The van der Waals surface area contributed by atoms with Gasteiger partial charge in [-0.1, -0.05) is 29.4 Å². The van der Waals surface area contributed by atoms with Crippen molar-refractivity contribution in [3.05, 3.63) is 65.5 Å². The number of hydrogen-bond acceptors (Lipinski definition) is 4. The fourth-order valence-electron chi connectivity index (χ4n) is 1.78. The van der Waals surface area contributed by atoms with Gasteiger partial charge in [-0.15, -0.1) is 0 Å². The van der Waals surface area contributed by atoms with Crippen LogP contribution in [0.2, 0.25) is 0 Å². The van der Waals surface area contributed by atoms with Gasteiger partial charge in [0.05, 0.1) is 6.61 Å². The summed E-state index contributed by atoms with van der Waals surface area (Å²) in [7, 11) is 1.43. The van der Waals surface area contributed by atoms with E-state index >= 15 is 0 Å². The van der Waals surface area contributed by atoms with Gasteiger partial charge in [-0.2, -0.15) is 0 Å². The average molecular weight is 289 g/mol. The van der Waals surface area contributed by atoms with Crippen LogP contribution in [-0.4, -0.2) is 24.5 Å². The minimum absolute atomic E-state index is 0.0139. The van der Waals surface area contributed by atoms with Gasteiger partial charge in [-0.05, 0) is 29.8 Å². The quantitative estimate of drug-likeness (QED) is 0.657. The van der Waals surface area contributed by atoms with Gasteiger partial charge in [0.1, 0.15) is 31.0 Å². The Morgan fingerprint density at radius 3 is 2.57 bits per heavy atom. The monoisotopic (exact) mass is 289 g/mol. The zero-order chi connectivity index (χ0) is 15.1. The highest BCUT2D eigenvalue weighted by Crippen LogP contribution is 2.13. The molecule has 110 valence electrons. The van der Waals surface area contributed by atoms with Crippen LogP contribution in [0.1, 0.15) is 11.1 Å². The third kappa shape index (κ3) is 4.29. The number of hydrogen-bond donors (Lipinski definition) is 1. The summed E-state index contributed by atoms with van der Waals surface area (Å²) in [4.78, 5) is 4.78. The Morgan fingerprint density at radius 1 is 1.19 bits per heavy atom. The zero-order valence-electron chi connectivity index (χ0n) is 11.6. The smallest absolute Gasteiger partial charge is 0.134 e. The van der Waals surface area contributed by atoms with Gasteiger partial charge in [0.2, 0.25) is 0 Å². The molecule has 0 saturated heterocycles. The molecule has 5 heteroatoms. The molecule has 0 amide bonds. The molecule has 0 aromatic heterocycles. The number of ether oxygens (including phenoxy) is 1. The molecule has 0 unspecified atom stereocenters. The molecule has 2 aromatic carbocycles. The van der Waals surface area contributed by atoms with Crippen LogP contribution < -0.4 is 4.74 Å². The number of rotatable bonds is 6. The molecule has 0 saturated carbocycles. The van der Waals surface area contributed by atoms with E-state index in [0.29, 0.717) is 17.0 Å². The summed E-state index contributed by atoms with van der Waals surface area (Å²) in [6.45, 7) is 0.135. The molecule has 0 heterocycles. The molecule has 0 aliphatic rings. The third-order valence-corrected chi connectivity index (χ3v) is 2.84. The standard InChI is InChI=1S/C16H16FNO3/c1-20-18-16(13-3-2-4-14(17)9-13)11-21-15-7-5-12(10-19)6-8-15/h2-9,19H,10-11H2,1H3/b18-16-. The molecular formula is C16H16FNO3. The second-order valence-corrected chi connectivity index (χ2v) is 4.32. The Kier molecular flexibility index (Phi) is 5.29. The molecule has 4 nitrogen and oxygen atoms in total. The lowest BCUT2D eigenvalue weighted by molar-refractivity contribution is 0.210. The predicted molar refractivity (Wildman–Crippen MR) is 77.8 cm³/mol. The number of oxime groups is 1. The van der Waals surface area contributed by atoms with Crippen molar-refractivity contribution in [2.75, 3.05) is 13.7 Å². The first kappa shape index (κ1) is 15.0. The first-order chi connectivity index (χ1) is 10.2. The highest BCUT2D eigenvalue weighted by molar-refractivity contribution is 6.01. The molecule has 1 N–H and O–H groups in total. The van der Waals surface area contributed by atoms with Gasteiger partial charge in [0, 0.05) is 5.56 Å². The molecule has 0 radical (unpaired) electrons. The maximum atomic E-state index is 13.3. The highest BCUT2D eigenvalue weighted by Gasteiger charge is 2.07. The molecular weight excluding hydrogens is 273 g/mol. The molecule has 0 bridgehead atoms. The molecule has 0 atom stereocenters. The Bertz CT molecular complexity index is 611. The van der Waals surface area contributed by atoms with E-state index in [-0.39, 0.29) is 19.0 Å². The zero-order valence-corrected chi connectivity index (χ0v) is 11.6. The molecule has 0 aliphatic heterocycles. The van der Waals surface area contributed by atoms with E-state index in [1.54, 1.807) is 36.4 Å². The van der Waals surface area contributed by atoms with Crippen LogP contribution in [0.15, 0.2) is 53.7 Å². The summed E-state index contributed by atoms with van der Waals surface area (Å²) >= 11 is 0. The first-order valence-electron chi connectivity index (χ1n) is 6.41. The minimum Gasteiger partial charge on any atom is -0.487 e. The van der Waals surface area contributed by atoms with Crippen molar-refractivity contribution in [2.24, 2.45) is 5.16 Å². The van der Waals surface area contributed by atoms with Crippen molar-refractivity contribution < 1.29 is 19.1 Å². The van der Waals surface area contributed by atoms with Crippen molar-refractivity contribution >= 4 is 5.71 Å². The fourth-order valence-corrected chi connectivity index (χ4v) is 1.78. The Balaban J connectivity index is 2.08. The second kappa shape index (κ2) is 7.40. The van der Waals surface area contributed by atoms with Crippen LogP contribution in [0, 0.1) is 5.82 Å². The largest absolute Gasteiger partial charge is 0.487 e. The maximum Gasteiger partial charge on any atom is 0.134 e. The second-order valence-electron chi connectivity index (χ2n) is 4.32. The normalized spacial score (nSPS) is 11.3. The lowest BCUT2D eigenvalue weighted by atomic mass is 10.1. The Hall–Kier alpha value is -2.40. The first-order valence-corrected chi connectivity index (χ1v) is 6.41. The molecule has 2 rings (SSSR count). The molecule has 0 fully saturated rings. The van der Waals surface area contributed by atoms with Gasteiger partial charge >= 0.3 is 0 Å². The van der Waals surface area contributed by atoms with Gasteiger partial charge in [0.15, 0.2) is 0 Å². The van der Waals surface area contributed by atoms with Gasteiger partial charge in [0.25, 0.3) is 0 Å². The van der Waals surface area contributed by atoms with E-state index in [1.807, 2.05) is 0 Å². The summed E-state index contributed by atoms with van der Waals surface area (Å²) in [6, 6.07) is 13.1. The number of aliphatic hydroxyl groups excluding tert-OH is 1. The van der Waals surface area contributed by atoms with Crippen LogP contribution in [0.3, 0.4) is 0 Å². The summed E-state index contributed by atoms with van der Waals surface area (Å²) in [6.07, 6.45) is 0. The van der Waals surface area contributed by atoms with E-state index < -0.39 is 0 Å². The van der Waals surface area contributed by atoms with E-state index in [2.05, 4.69) is 5.16 Å². The van der Waals surface area contributed by atoms with Crippen LogP contribution >= 0.6 is 0 Å². The van der Waals surface area contributed by atoms with Crippen LogP contribution in [0.5, 0.6) is 5.75 Å². The van der Waals surface area contributed by atoms with Crippen LogP contribution in [0.4, 0.5) is 4.39 Å². The van der Waals surface area contributed by atoms with E-state index in [9.17, 15) is 4.39 Å². The van der Waals surface area contributed by atoms with E-state index in [1.165, 1.54) is 19.2 Å². The predicted octanol–water partition coefficient (Wildman–Crippen LogP) is 2.75. The topological polar surface area (TPSA) is 51.0 Å².